The van der Waals surface area contributed by atoms with Crippen molar-refractivity contribution in [3.63, 3.8) is 0 Å². The first-order chi connectivity index (χ1) is 14.2. The average molecular weight is 388 g/mol. The molecule has 1 N–H and O–H groups in total. The van der Waals surface area contributed by atoms with E-state index in [1.807, 2.05) is 35.0 Å². The highest BCUT2D eigenvalue weighted by molar-refractivity contribution is 6.06. The lowest BCUT2D eigenvalue weighted by atomic mass is 10.1. The van der Waals surface area contributed by atoms with Crippen LogP contribution in [0.4, 0.5) is 11.4 Å². The van der Waals surface area contributed by atoms with Gasteiger partial charge in [-0.25, -0.2) is 4.68 Å². The fourth-order valence-corrected chi connectivity index (χ4v) is 3.62. The minimum Gasteiger partial charge on any atom is -0.322 e. The van der Waals surface area contributed by atoms with Crippen LogP contribution < -0.4 is 10.2 Å². The molecule has 1 aliphatic heterocycles. The highest BCUT2D eigenvalue weighted by Crippen LogP contribution is 2.36. The molecule has 29 heavy (non-hydrogen) atoms. The summed E-state index contributed by atoms with van der Waals surface area (Å²) in [5.74, 6) is 0.583. The fourth-order valence-electron chi connectivity index (χ4n) is 3.62. The molecule has 2 fully saturated rings. The van der Waals surface area contributed by atoms with E-state index in [4.69, 9.17) is 0 Å². The van der Waals surface area contributed by atoms with Gasteiger partial charge in [0.15, 0.2) is 5.82 Å². The molecule has 0 unspecified atom stereocenters. The third-order valence-electron chi connectivity index (χ3n) is 5.26. The Bertz CT molecular complexity index is 1090. The van der Waals surface area contributed by atoms with Crippen molar-refractivity contribution in [2.24, 2.45) is 0 Å². The Kier molecular flexibility index (Phi) is 4.31. The number of tetrazole rings is 1. The first-order valence-corrected chi connectivity index (χ1v) is 9.79. The van der Waals surface area contributed by atoms with Crippen LogP contribution in [0.15, 0.2) is 48.5 Å². The zero-order chi connectivity index (χ0) is 19.8. The molecule has 8 nitrogen and oxygen atoms in total. The Morgan fingerprint density at radius 2 is 1.97 bits per heavy atom. The van der Waals surface area contributed by atoms with Gasteiger partial charge in [-0.1, -0.05) is 18.2 Å². The van der Waals surface area contributed by atoms with Gasteiger partial charge < -0.3 is 10.2 Å². The summed E-state index contributed by atoms with van der Waals surface area (Å²) in [5, 5.41) is 15.0. The predicted molar refractivity (Wildman–Crippen MR) is 108 cm³/mol. The van der Waals surface area contributed by atoms with Gasteiger partial charge in [0, 0.05) is 35.5 Å². The number of amides is 2. The summed E-state index contributed by atoms with van der Waals surface area (Å²) in [4.78, 5) is 26.5. The molecule has 8 heteroatoms. The van der Waals surface area contributed by atoms with E-state index in [1.165, 1.54) is 0 Å². The largest absolute Gasteiger partial charge is 0.322 e. The molecule has 2 aromatic carbocycles. The molecule has 0 bridgehead atoms. The van der Waals surface area contributed by atoms with Crippen molar-refractivity contribution in [3.05, 3.63) is 54.1 Å². The van der Waals surface area contributed by atoms with Gasteiger partial charge in [-0.15, -0.1) is 5.10 Å². The van der Waals surface area contributed by atoms with E-state index in [-0.39, 0.29) is 11.8 Å². The fraction of sp³-hybridized carbons (Fsp3) is 0.286. The molecule has 146 valence electrons. The smallest absolute Gasteiger partial charge is 0.255 e. The topological polar surface area (TPSA) is 93.0 Å². The summed E-state index contributed by atoms with van der Waals surface area (Å²) in [6.45, 7) is 0.696. The number of carbonyl (C=O) groups excluding carboxylic acids is 2. The summed E-state index contributed by atoms with van der Waals surface area (Å²) < 4.78 is 1.84. The second-order valence-corrected chi connectivity index (χ2v) is 7.41. The molecular weight excluding hydrogens is 368 g/mol. The van der Waals surface area contributed by atoms with Crippen molar-refractivity contribution in [2.75, 3.05) is 16.8 Å². The van der Waals surface area contributed by atoms with Crippen LogP contribution in [-0.4, -0.2) is 38.6 Å². The number of anilines is 2. The van der Waals surface area contributed by atoms with Gasteiger partial charge in [0.1, 0.15) is 0 Å². The Morgan fingerprint density at radius 3 is 2.76 bits per heavy atom. The SMILES string of the molecule is O=C(Nc1cccc(-c2nnnn2C2CC2)c1)c1cccc(N2CCCC2=O)c1. The van der Waals surface area contributed by atoms with Crippen molar-refractivity contribution in [1.29, 1.82) is 0 Å². The number of rotatable bonds is 5. The molecule has 1 aromatic heterocycles. The average Bonchev–Trinajstić information content (AvgIpc) is 3.30. The highest BCUT2D eigenvalue weighted by Gasteiger charge is 2.28. The van der Waals surface area contributed by atoms with Crippen LogP contribution in [0.1, 0.15) is 42.1 Å². The Hall–Kier alpha value is -3.55. The zero-order valence-electron chi connectivity index (χ0n) is 15.8. The number of aromatic nitrogens is 4. The lowest BCUT2D eigenvalue weighted by Gasteiger charge is -2.16. The molecule has 0 spiro atoms. The van der Waals surface area contributed by atoms with Crippen LogP contribution >= 0.6 is 0 Å². The monoisotopic (exact) mass is 388 g/mol. The van der Waals surface area contributed by atoms with Gasteiger partial charge in [-0.05, 0) is 60.0 Å². The van der Waals surface area contributed by atoms with Crippen molar-refractivity contribution >= 4 is 23.2 Å². The molecule has 1 saturated heterocycles. The lowest BCUT2D eigenvalue weighted by molar-refractivity contribution is -0.117. The van der Waals surface area contributed by atoms with Crippen LogP contribution in [0, 0.1) is 0 Å². The van der Waals surface area contributed by atoms with Crippen LogP contribution in [0.3, 0.4) is 0 Å². The minimum atomic E-state index is -0.225. The zero-order valence-corrected chi connectivity index (χ0v) is 15.8. The van der Waals surface area contributed by atoms with E-state index in [2.05, 4.69) is 20.8 Å². The minimum absolute atomic E-state index is 0.101. The molecular formula is C21H20N6O2. The van der Waals surface area contributed by atoms with Gasteiger partial charge in [-0.2, -0.15) is 0 Å². The molecule has 3 aromatic rings. The normalized spacial score (nSPS) is 16.3. The van der Waals surface area contributed by atoms with Gasteiger partial charge in [-0.3, -0.25) is 9.59 Å². The summed E-state index contributed by atoms with van der Waals surface area (Å²) in [6.07, 6.45) is 3.58. The maximum absolute atomic E-state index is 12.8. The number of hydrogen-bond acceptors (Lipinski definition) is 5. The van der Waals surface area contributed by atoms with E-state index in [0.29, 0.717) is 36.1 Å². The number of benzene rings is 2. The predicted octanol–water partition coefficient (Wildman–Crippen LogP) is 3.05. The van der Waals surface area contributed by atoms with E-state index in [0.717, 1.165) is 30.5 Å². The van der Waals surface area contributed by atoms with Crippen molar-refractivity contribution in [2.45, 2.75) is 31.7 Å². The van der Waals surface area contributed by atoms with Gasteiger partial charge in [0.05, 0.1) is 6.04 Å². The number of carbonyl (C=O) groups is 2. The van der Waals surface area contributed by atoms with E-state index in [9.17, 15) is 9.59 Å². The van der Waals surface area contributed by atoms with Crippen molar-refractivity contribution in [1.82, 2.24) is 20.2 Å². The van der Waals surface area contributed by atoms with E-state index in [1.54, 1.807) is 23.1 Å². The Morgan fingerprint density at radius 1 is 1.10 bits per heavy atom. The van der Waals surface area contributed by atoms with Crippen molar-refractivity contribution < 1.29 is 9.59 Å². The molecule has 2 heterocycles. The first-order valence-electron chi connectivity index (χ1n) is 9.79. The summed E-state index contributed by atoms with van der Waals surface area (Å²) >= 11 is 0. The Labute approximate surface area is 167 Å². The van der Waals surface area contributed by atoms with Crippen molar-refractivity contribution in [3.8, 4) is 11.4 Å². The molecule has 2 aliphatic rings. The second kappa shape index (κ2) is 7.12. The highest BCUT2D eigenvalue weighted by atomic mass is 16.2. The van der Waals surface area contributed by atoms with E-state index >= 15 is 0 Å². The first kappa shape index (κ1) is 17.5. The van der Waals surface area contributed by atoms with Crippen LogP contribution in [0.5, 0.6) is 0 Å². The quantitative estimate of drug-likeness (QED) is 0.725. The van der Waals surface area contributed by atoms with Gasteiger partial charge >= 0.3 is 0 Å². The molecule has 1 saturated carbocycles. The van der Waals surface area contributed by atoms with Gasteiger partial charge in [0.25, 0.3) is 5.91 Å². The second-order valence-electron chi connectivity index (χ2n) is 7.41. The summed E-state index contributed by atoms with van der Waals surface area (Å²) in [5.41, 5.74) is 2.80. The van der Waals surface area contributed by atoms with Crippen LogP contribution in [-0.2, 0) is 4.79 Å². The number of nitrogens with one attached hydrogen (secondary N) is 1. The summed E-state index contributed by atoms with van der Waals surface area (Å²) in [6, 6.07) is 15.0. The molecule has 5 rings (SSSR count). The van der Waals surface area contributed by atoms with E-state index < -0.39 is 0 Å². The molecule has 0 radical (unpaired) electrons. The standard InChI is InChI=1S/C21H20N6O2/c28-19-8-3-11-26(19)18-7-2-5-15(13-18)21(29)22-16-6-1-4-14(12-16)20-23-24-25-27(20)17-9-10-17/h1-2,4-7,12-13,17H,3,8-11H2,(H,22,29). The molecule has 1 aliphatic carbocycles. The maximum atomic E-state index is 12.8. The third-order valence-corrected chi connectivity index (χ3v) is 5.26. The number of nitrogens with zero attached hydrogens (tertiary/aromatic N) is 5. The number of hydrogen-bond donors (Lipinski definition) is 1. The summed E-state index contributed by atoms with van der Waals surface area (Å²) in [7, 11) is 0. The molecule has 2 amide bonds. The third kappa shape index (κ3) is 3.49. The van der Waals surface area contributed by atoms with Crippen LogP contribution in [0.2, 0.25) is 0 Å². The molecule has 0 atom stereocenters. The Balaban J connectivity index is 1.36. The van der Waals surface area contributed by atoms with Gasteiger partial charge in [0.2, 0.25) is 5.91 Å². The maximum Gasteiger partial charge on any atom is 0.255 e. The van der Waals surface area contributed by atoms with Crippen LogP contribution in [0.25, 0.3) is 11.4 Å². The lowest BCUT2D eigenvalue weighted by Crippen LogP contribution is -2.24.